The predicted octanol–water partition coefficient (Wildman–Crippen LogP) is 0.652. The number of H-pyrrole nitrogens is 1. The Kier molecular flexibility index (Phi) is 1.30. The van der Waals surface area contributed by atoms with Crippen molar-refractivity contribution in [2.75, 3.05) is 6.79 Å². The van der Waals surface area contributed by atoms with Crippen molar-refractivity contribution in [2.24, 2.45) is 0 Å². The van der Waals surface area contributed by atoms with Crippen molar-refractivity contribution >= 4 is 10.9 Å². The second kappa shape index (κ2) is 2.47. The van der Waals surface area contributed by atoms with E-state index >= 15 is 0 Å². The first kappa shape index (κ1) is 7.37. The quantitative estimate of drug-likeness (QED) is 0.662. The Morgan fingerprint density at radius 3 is 2.93 bits per heavy atom. The Morgan fingerprint density at radius 1 is 1.29 bits per heavy atom. The van der Waals surface area contributed by atoms with Crippen molar-refractivity contribution in [3.05, 3.63) is 28.6 Å². The zero-order valence-electron chi connectivity index (χ0n) is 7.11. The Morgan fingerprint density at radius 2 is 2.07 bits per heavy atom. The topological polar surface area (TPSA) is 64.2 Å². The van der Waals surface area contributed by atoms with Crippen LogP contribution < -0.4 is 14.9 Å². The predicted molar refractivity (Wildman–Crippen MR) is 48.5 cm³/mol. The molecule has 0 unspecified atom stereocenters. The molecule has 70 valence electrons. The lowest BCUT2D eigenvalue weighted by Gasteiger charge is -1.98. The number of hydrogen-bond acceptors (Lipinski definition) is 4. The lowest BCUT2D eigenvalue weighted by atomic mass is 10.2. The third-order valence-corrected chi connectivity index (χ3v) is 2.15. The molecular weight excluding hydrogens is 184 g/mol. The van der Waals surface area contributed by atoms with E-state index < -0.39 is 0 Å². The van der Waals surface area contributed by atoms with Crippen LogP contribution in [0.3, 0.4) is 0 Å². The molecular formula is C9H6N2O3. The lowest BCUT2D eigenvalue weighted by molar-refractivity contribution is 0.174. The number of benzene rings is 1. The van der Waals surface area contributed by atoms with Gasteiger partial charge in [0.15, 0.2) is 11.5 Å². The van der Waals surface area contributed by atoms with Crippen molar-refractivity contribution in [2.45, 2.75) is 0 Å². The molecule has 2 heterocycles. The Labute approximate surface area is 78.3 Å². The zero-order valence-corrected chi connectivity index (χ0v) is 7.11. The molecule has 0 atom stereocenters. The molecule has 5 heteroatoms. The summed E-state index contributed by atoms with van der Waals surface area (Å²) in [5.41, 5.74) is 0.527. The van der Waals surface area contributed by atoms with E-state index in [4.69, 9.17) is 9.47 Å². The summed E-state index contributed by atoms with van der Waals surface area (Å²) in [5, 5.41) is 7.00. The first-order valence-corrected chi connectivity index (χ1v) is 4.11. The number of rotatable bonds is 0. The van der Waals surface area contributed by atoms with Crippen LogP contribution in [0, 0.1) is 0 Å². The number of nitrogens with one attached hydrogen (secondary N) is 1. The summed E-state index contributed by atoms with van der Waals surface area (Å²) < 4.78 is 10.3. The summed E-state index contributed by atoms with van der Waals surface area (Å²) in [4.78, 5) is 11.4. The molecule has 0 saturated carbocycles. The molecule has 14 heavy (non-hydrogen) atoms. The van der Waals surface area contributed by atoms with E-state index in [0.717, 1.165) is 0 Å². The Bertz CT molecular complexity index is 561. The monoisotopic (exact) mass is 190 g/mol. The highest BCUT2D eigenvalue weighted by Crippen LogP contribution is 2.33. The number of nitrogens with zero attached hydrogens (tertiary/aromatic N) is 1. The van der Waals surface area contributed by atoms with Crippen molar-refractivity contribution in [3.8, 4) is 11.5 Å². The van der Waals surface area contributed by atoms with Gasteiger partial charge in [-0.15, -0.1) is 0 Å². The second-order valence-corrected chi connectivity index (χ2v) is 2.99. The van der Waals surface area contributed by atoms with Crippen LogP contribution in [0.25, 0.3) is 10.9 Å². The average molecular weight is 190 g/mol. The number of fused-ring (bicyclic) bond motifs is 2. The molecule has 1 aromatic heterocycles. The van der Waals surface area contributed by atoms with Gasteiger partial charge in [0, 0.05) is 6.07 Å². The minimum Gasteiger partial charge on any atom is -0.454 e. The zero-order chi connectivity index (χ0) is 9.54. The molecule has 3 rings (SSSR count). The maximum absolute atomic E-state index is 11.4. The highest BCUT2D eigenvalue weighted by Gasteiger charge is 2.15. The SMILES string of the molecule is O=c1cn[nH]c2cc3c(cc12)OCO3. The molecule has 0 spiro atoms. The molecule has 1 aromatic carbocycles. The maximum atomic E-state index is 11.4. The first-order valence-electron chi connectivity index (χ1n) is 4.11. The fourth-order valence-electron chi connectivity index (χ4n) is 1.47. The maximum Gasteiger partial charge on any atom is 0.231 e. The van der Waals surface area contributed by atoms with Gasteiger partial charge < -0.3 is 9.47 Å². The first-order chi connectivity index (χ1) is 6.84. The van der Waals surface area contributed by atoms with Crippen molar-refractivity contribution in [1.82, 2.24) is 10.2 Å². The minimum atomic E-state index is -0.128. The van der Waals surface area contributed by atoms with E-state index in [1.165, 1.54) is 6.20 Å². The Balaban J connectivity index is 2.45. The van der Waals surface area contributed by atoms with Gasteiger partial charge in [-0.25, -0.2) is 0 Å². The number of ether oxygens (including phenoxy) is 2. The van der Waals surface area contributed by atoms with Gasteiger partial charge in [0.25, 0.3) is 0 Å². The van der Waals surface area contributed by atoms with Crippen LogP contribution >= 0.6 is 0 Å². The van der Waals surface area contributed by atoms with E-state index in [-0.39, 0.29) is 12.2 Å². The van der Waals surface area contributed by atoms with Crippen LogP contribution in [0.4, 0.5) is 0 Å². The van der Waals surface area contributed by atoms with Gasteiger partial charge in [0.2, 0.25) is 12.2 Å². The van der Waals surface area contributed by atoms with Gasteiger partial charge in [-0.3, -0.25) is 9.89 Å². The summed E-state index contributed by atoms with van der Waals surface area (Å²) in [5.74, 6) is 1.25. The van der Waals surface area contributed by atoms with Gasteiger partial charge >= 0.3 is 0 Å². The van der Waals surface area contributed by atoms with E-state index in [9.17, 15) is 4.79 Å². The summed E-state index contributed by atoms with van der Waals surface area (Å²) in [7, 11) is 0. The van der Waals surface area contributed by atoms with Crippen LogP contribution in [-0.2, 0) is 0 Å². The Hall–Kier alpha value is -2.04. The summed E-state index contributed by atoms with van der Waals surface area (Å²) >= 11 is 0. The van der Waals surface area contributed by atoms with Gasteiger partial charge in [0.1, 0.15) is 0 Å². The molecule has 0 amide bonds. The standard InChI is InChI=1S/C9H6N2O3/c12-7-3-10-11-6-2-9-8(1-5(6)7)13-4-14-9/h1-3H,4H2,(H,11,12). The fourth-order valence-corrected chi connectivity index (χ4v) is 1.47. The highest BCUT2D eigenvalue weighted by molar-refractivity contribution is 5.82. The van der Waals surface area contributed by atoms with Crippen LogP contribution in [0.5, 0.6) is 11.5 Å². The van der Waals surface area contributed by atoms with Crippen molar-refractivity contribution in [1.29, 1.82) is 0 Å². The van der Waals surface area contributed by atoms with Crippen LogP contribution in [0.2, 0.25) is 0 Å². The molecule has 0 radical (unpaired) electrons. The highest BCUT2D eigenvalue weighted by atomic mass is 16.7. The fraction of sp³-hybridized carbons (Fsp3) is 0.111. The molecule has 0 bridgehead atoms. The second-order valence-electron chi connectivity index (χ2n) is 2.99. The van der Waals surface area contributed by atoms with E-state index in [1.54, 1.807) is 12.1 Å². The van der Waals surface area contributed by atoms with Crippen LogP contribution in [-0.4, -0.2) is 17.0 Å². The molecule has 5 nitrogen and oxygen atoms in total. The van der Waals surface area contributed by atoms with Gasteiger partial charge in [-0.2, -0.15) is 5.10 Å². The molecule has 1 aliphatic rings. The third-order valence-electron chi connectivity index (χ3n) is 2.15. The normalized spacial score (nSPS) is 13.4. The largest absolute Gasteiger partial charge is 0.454 e. The van der Waals surface area contributed by atoms with E-state index in [2.05, 4.69) is 10.2 Å². The van der Waals surface area contributed by atoms with E-state index in [1.807, 2.05) is 0 Å². The van der Waals surface area contributed by atoms with Crippen molar-refractivity contribution < 1.29 is 9.47 Å². The molecule has 0 aliphatic carbocycles. The number of aromatic nitrogens is 2. The number of hydrogen-bond donors (Lipinski definition) is 1. The molecule has 1 aliphatic heterocycles. The molecule has 2 aromatic rings. The summed E-state index contributed by atoms with van der Waals surface area (Å²) in [6.07, 6.45) is 1.24. The third kappa shape index (κ3) is 0.891. The summed E-state index contributed by atoms with van der Waals surface area (Å²) in [6.45, 7) is 0.202. The molecule has 0 saturated heterocycles. The number of aromatic amines is 1. The average Bonchev–Trinajstić information content (AvgIpc) is 2.62. The van der Waals surface area contributed by atoms with Crippen LogP contribution in [0.15, 0.2) is 23.1 Å². The van der Waals surface area contributed by atoms with Crippen molar-refractivity contribution in [3.63, 3.8) is 0 Å². The smallest absolute Gasteiger partial charge is 0.231 e. The van der Waals surface area contributed by atoms with Gasteiger partial charge in [-0.05, 0) is 6.07 Å². The lowest BCUT2D eigenvalue weighted by Crippen LogP contribution is -2.02. The molecule has 1 N–H and O–H groups in total. The van der Waals surface area contributed by atoms with E-state index in [0.29, 0.717) is 22.4 Å². The molecule has 0 fully saturated rings. The summed E-state index contributed by atoms with van der Waals surface area (Å²) in [6, 6.07) is 3.38. The van der Waals surface area contributed by atoms with Gasteiger partial charge in [-0.1, -0.05) is 0 Å². The van der Waals surface area contributed by atoms with Gasteiger partial charge in [0.05, 0.1) is 17.1 Å². The minimum absolute atomic E-state index is 0.128. The van der Waals surface area contributed by atoms with Crippen LogP contribution in [0.1, 0.15) is 0 Å².